The second kappa shape index (κ2) is 5.68. The molecule has 0 saturated carbocycles. The van der Waals surface area contributed by atoms with Crippen LogP contribution in [0.2, 0.25) is 0 Å². The summed E-state index contributed by atoms with van der Waals surface area (Å²) in [4.78, 5) is 26.2. The molecule has 0 radical (unpaired) electrons. The number of carbonyl (C=O) groups is 2. The molecule has 0 aliphatic rings. The number of carboxylic acids is 1. The van der Waals surface area contributed by atoms with Crippen LogP contribution in [0.5, 0.6) is 0 Å². The van der Waals surface area contributed by atoms with Crippen molar-refractivity contribution in [1.29, 1.82) is 0 Å². The Morgan fingerprint density at radius 3 is 2.65 bits per heavy atom. The van der Waals surface area contributed by atoms with Crippen LogP contribution in [0.3, 0.4) is 0 Å². The molecule has 1 heterocycles. The molecule has 1 aromatic carbocycles. The number of para-hydroxylation sites is 1. The summed E-state index contributed by atoms with van der Waals surface area (Å²) in [6.45, 7) is 1.25. The topological polar surface area (TPSA) is 79.3 Å². The van der Waals surface area contributed by atoms with E-state index in [0.29, 0.717) is 4.47 Å². The molecule has 104 valence electrons. The summed E-state index contributed by atoms with van der Waals surface area (Å²) < 4.78 is 14.1. The third-order valence-electron chi connectivity index (χ3n) is 2.34. The molecule has 2 rings (SSSR count). The maximum Gasteiger partial charge on any atom is 0.356 e. The fourth-order valence-electron chi connectivity index (χ4n) is 1.48. The van der Waals surface area contributed by atoms with Gasteiger partial charge in [-0.3, -0.25) is 4.79 Å². The molecule has 5 nitrogen and oxygen atoms in total. The van der Waals surface area contributed by atoms with Gasteiger partial charge in [0.05, 0.1) is 5.69 Å². The van der Waals surface area contributed by atoms with Crippen LogP contribution in [0.15, 0.2) is 22.7 Å². The second-order valence-corrected chi connectivity index (χ2v) is 5.63. The molecular formula is C12H8BrFN2O3S. The van der Waals surface area contributed by atoms with Crippen LogP contribution in [-0.4, -0.2) is 21.8 Å². The van der Waals surface area contributed by atoms with Crippen LogP contribution in [0.25, 0.3) is 0 Å². The van der Waals surface area contributed by atoms with E-state index in [-0.39, 0.29) is 21.4 Å². The summed E-state index contributed by atoms with van der Waals surface area (Å²) in [7, 11) is 0. The van der Waals surface area contributed by atoms with Crippen molar-refractivity contribution in [2.75, 3.05) is 5.32 Å². The zero-order chi connectivity index (χ0) is 14.9. The van der Waals surface area contributed by atoms with Gasteiger partial charge in [0, 0.05) is 11.4 Å². The maximum atomic E-state index is 13.7. The summed E-state index contributed by atoms with van der Waals surface area (Å²) in [5.74, 6) is -2.22. The number of hydrogen-bond donors (Lipinski definition) is 2. The van der Waals surface area contributed by atoms with Crippen LogP contribution in [0.1, 0.15) is 27.1 Å². The normalized spacial score (nSPS) is 10.3. The minimum Gasteiger partial charge on any atom is -0.476 e. The Balaban J connectivity index is 2.42. The number of nitrogens with zero attached hydrogens (tertiary/aromatic N) is 1. The highest BCUT2D eigenvalue weighted by Crippen LogP contribution is 2.32. The quantitative estimate of drug-likeness (QED) is 0.814. The van der Waals surface area contributed by atoms with E-state index in [0.717, 1.165) is 11.3 Å². The van der Waals surface area contributed by atoms with Crippen LogP contribution in [-0.2, 0) is 0 Å². The number of aromatic carboxylic acids is 1. The Morgan fingerprint density at radius 2 is 2.15 bits per heavy atom. The van der Waals surface area contributed by atoms with Gasteiger partial charge in [0.2, 0.25) is 0 Å². The van der Waals surface area contributed by atoms with Crippen molar-refractivity contribution in [3.05, 3.63) is 39.1 Å². The number of nitrogens with one attached hydrogen (secondary N) is 1. The largest absolute Gasteiger partial charge is 0.476 e. The molecule has 0 spiro atoms. The number of carbonyl (C=O) groups excluding carboxylic acids is 1. The first-order valence-corrected chi connectivity index (χ1v) is 6.97. The molecule has 2 N–H and O–H groups in total. The number of thiazole rings is 1. The van der Waals surface area contributed by atoms with Crippen LogP contribution in [0.4, 0.5) is 15.2 Å². The highest BCUT2D eigenvalue weighted by atomic mass is 79.9. The fraction of sp³-hybridized carbons (Fsp3) is 0.0833. The monoisotopic (exact) mass is 358 g/mol. The van der Waals surface area contributed by atoms with Crippen molar-refractivity contribution in [3.63, 3.8) is 0 Å². The van der Waals surface area contributed by atoms with Crippen molar-refractivity contribution in [1.82, 2.24) is 4.98 Å². The van der Waals surface area contributed by atoms with Gasteiger partial charge in [0.15, 0.2) is 16.6 Å². The van der Waals surface area contributed by atoms with Crippen LogP contribution in [0, 0.1) is 5.82 Å². The first-order valence-electron chi connectivity index (χ1n) is 5.36. The van der Waals surface area contributed by atoms with E-state index < -0.39 is 17.6 Å². The molecule has 8 heteroatoms. The first kappa shape index (κ1) is 14.6. The number of halogens is 2. The van der Waals surface area contributed by atoms with Gasteiger partial charge >= 0.3 is 5.97 Å². The standard InChI is InChI=1S/C12H8BrFN2O3S/c1-5(17)10-9(11(18)19)16-12(20-10)15-8-6(13)3-2-4-7(8)14/h2-4H,1H3,(H,15,16)(H,18,19). The fourth-order valence-corrected chi connectivity index (χ4v) is 2.78. The summed E-state index contributed by atoms with van der Waals surface area (Å²) in [6, 6.07) is 4.41. The van der Waals surface area contributed by atoms with Crippen molar-refractivity contribution < 1.29 is 19.1 Å². The Hall–Kier alpha value is -1.80. The van der Waals surface area contributed by atoms with E-state index in [9.17, 15) is 14.0 Å². The van der Waals surface area contributed by atoms with Gasteiger partial charge in [-0.05, 0) is 28.1 Å². The molecule has 0 amide bonds. The lowest BCUT2D eigenvalue weighted by atomic mass is 10.3. The number of aromatic nitrogens is 1. The number of Topliss-reactive ketones (excluding diaryl/α,β-unsaturated/α-hetero) is 1. The van der Waals surface area contributed by atoms with E-state index >= 15 is 0 Å². The molecule has 0 unspecified atom stereocenters. The predicted octanol–water partition coefficient (Wildman–Crippen LogP) is 3.69. The van der Waals surface area contributed by atoms with Gasteiger partial charge < -0.3 is 10.4 Å². The van der Waals surface area contributed by atoms with Crippen LogP contribution < -0.4 is 5.32 Å². The highest BCUT2D eigenvalue weighted by molar-refractivity contribution is 9.10. The summed E-state index contributed by atoms with van der Waals surface area (Å²) in [5, 5.41) is 11.8. The summed E-state index contributed by atoms with van der Waals surface area (Å²) >= 11 is 4.05. The number of rotatable bonds is 4. The Bertz CT molecular complexity index is 650. The predicted molar refractivity (Wildman–Crippen MR) is 76.5 cm³/mol. The summed E-state index contributed by atoms with van der Waals surface area (Å²) in [6.07, 6.45) is 0. The van der Waals surface area contributed by atoms with Gasteiger partial charge in [0.25, 0.3) is 0 Å². The van der Waals surface area contributed by atoms with Gasteiger partial charge in [-0.1, -0.05) is 17.4 Å². The molecular weight excluding hydrogens is 351 g/mol. The lowest BCUT2D eigenvalue weighted by Gasteiger charge is -2.05. The minimum absolute atomic E-state index is 0.0208. The SMILES string of the molecule is CC(=O)c1sc(Nc2c(F)cccc2Br)nc1C(=O)O. The van der Waals surface area contributed by atoms with E-state index in [1.54, 1.807) is 6.07 Å². The molecule has 0 aliphatic carbocycles. The average Bonchev–Trinajstić information content (AvgIpc) is 2.78. The Kier molecular flexibility index (Phi) is 4.15. The molecule has 0 aliphatic heterocycles. The molecule has 0 atom stereocenters. The van der Waals surface area contributed by atoms with Gasteiger partial charge in [-0.15, -0.1) is 0 Å². The van der Waals surface area contributed by atoms with Gasteiger partial charge in [-0.2, -0.15) is 0 Å². The number of carboxylic acid groups (broad SMARTS) is 1. The van der Waals surface area contributed by atoms with Gasteiger partial charge in [0.1, 0.15) is 10.7 Å². The van der Waals surface area contributed by atoms with E-state index in [4.69, 9.17) is 5.11 Å². The first-order chi connectivity index (χ1) is 9.40. The lowest BCUT2D eigenvalue weighted by molar-refractivity contribution is 0.0687. The van der Waals surface area contributed by atoms with E-state index in [1.807, 2.05) is 0 Å². The number of ketones is 1. The van der Waals surface area contributed by atoms with E-state index in [1.165, 1.54) is 19.1 Å². The zero-order valence-corrected chi connectivity index (χ0v) is 12.5. The van der Waals surface area contributed by atoms with Gasteiger partial charge in [-0.25, -0.2) is 14.2 Å². The molecule has 2 aromatic rings. The lowest BCUT2D eigenvalue weighted by Crippen LogP contribution is -2.03. The van der Waals surface area contributed by atoms with Crippen LogP contribution >= 0.6 is 27.3 Å². The second-order valence-electron chi connectivity index (χ2n) is 3.78. The summed E-state index contributed by atoms with van der Waals surface area (Å²) in [5.41, 5.74) is -0.203. The molecule has 0 saturated heterocycles. The number of hydrogen-bond acceptors (Lipinski definition) is 5. The Morgan fingerprint density at radius 1 is 1.45 bits per heavy atom. The Labute approximate surface area is 125 Å². The van der Waals surface area contributed by atoms with Crippen molar-refractivity contribution in [2.24, 2.45) is 0 Å². The smallest absolute Gasteiger partial charge is 0.356 e. The van der Waals surface area contributed by atoms with Crippen molar-refractivity contribution in [2.45, 2.75) is 6.92 Å². The molecule has 0 bridgehead atoms. The maximum absolute atomic E-state index is 13.7. The number of benzene rings is 1. The molecule has 20 heavy (non-hydrogen) atoms. The number of anilines is 2. The minimum atomic E-state index is -1.30. The molecule has 1 aromatic heterocycles. The third kappa shape index (κ3) is 2.86. The van der Waals surface area contributed by atoms with E-state index in [2.05, 4.69) is 26.2 Å². The van der Waals surface area contributed by atoms with Crippen molar-refractivity contribution >= 4 is 49.8 Å². The zero-order valence-electron chi connectivity index (χ0n) is 10.1. The molecule has 0 fully saturated rings. The third-order valence-corrected chi connectivity index (χ3v) is 4.08. The average molecular weight is 359 g/mol. The van der Waals surface area contributed by atoms with Crippen molar-refractivity contribution in [3.8, 4) is 0 Å². The highest BCUT2D eigenvalue weighted by Gasteiger charge is 2.21.